The van der Waals surface area contributed by atoms with Crippen LogP contribution in [0.4, 0.5) is 13.2 Å². The van der Waals surface area contributed by atoms with Gasteiger partial charge in [0.25, 0.3) is 0 Å². The number of benzene rings is 1. The molecule has 0 spiro atoms. The lowest BCUT2D eigenvalue weighted by Gasteiger charge is -2.14. The van der Waals surface area contributed by atoms with E-state index in [1.165, 1.54) is 0 Å². The van der Waals surface area contributed by atoms with Crippen molar-refractivity contribution < 1.29 is 13.2 Å². The summed E-state index contributed by atoms with van der Waals surface area (Å²) >= 11 is 0. The molecule has 0 aliphatic carbocycles. The van der Waals surface area contributed by atoms with Gasteiger partial charge in [0.05, 0.1) is 0 Å². The number of nitrogens with zero attached hydrogens (tertiary/aromatic N) is 2. The highest BCUT2D eigenvalue weighted by atomic mass is 19.1. The SMILES string of the molecule is Cn1ccnc1CCC(N)c1c(F)cc(F)cc1F. The number of aromatic nitrogens is 2. The van der Waals surface area contributed by atoms with Crippen LogP contribution >= 0.6 is 0 Å². The van der Waals surface area contributed by atoms with Gasteiger partial charge in [0, 0.05) is 49.6 Å². The third-order valence-corrected chi connectivity index (χ3v) is 3.01. The molecule has 102 valence electrons. The van der Waals surface area contributed by atoms with Crippen molar-refractivity contribution in [3.05, 3.63) is 53.4 Å². The van der Waals surface area contributed by atoms with Gasteiger partial charge in [-0.3, -0.25) is 0 Å². The summed E-state index contributed by atoms with van der Waals surface area (Å²) in [6.45, 7) is 0. The van der Waals surface area contributed by atoms with Crippen LogP contribution in [0.15, 0.2) is 24.5 Å². The first-order valence-electron chi connectivity index (χ1n) is 5.85. The number of halogens is 3. The topological polar surface area (TPSA) is 43.8 Å². The lowest BCUT2D eigenvalue weighted by molar-refractivity contribution is 0.490. The largest absolute Gasteiger partial charge is 0.338 e. The predicted octanol–water partition coefficient (Wildman–Crippen LogP) is 2.47. The monoisotopic (exact) mass is 269 g/mol. The van der Waals surface area contributed by atoms with Crippen molar-refractivity contribution in [2.75, 3.05) is 0 Å². The molecule has 0 aliphatic heterocycles. The van der Waals surface area contributed by atoms with Crippen LogP contribution in [-0.2, 0) is 13.5 Å². The fraction of sp³-hybridized carbons (Fsp3) is 0.308. The standard InChI is InChI=1S/C13H14F3N3/c1-19-5-4-18-12(19)3-2-11(17)13-9(15)6-8(14)7-10(13)16/h4-7,11H,2-3,17H2,1H3. The zero-order chi connectivity index (χ0) is 14.0. The molecule has 2 aromatic rings. The van der Waals surface area contributed by atoms with Gasteiger partial charge in [-0.15, -0.1) is 0 Å². The number of nitrogens with two attached hydrogens (primary N) is 1. The van der Waals surface area contributed by atoms with E-state index in [0.29, 0.717) is 25.0 Å². The van der Waals surface area contributed by atoms with Crippen LogP contribution in [-0.4, -0.2) is 9.55 Å². The second kappa shape index (κ2) is 5.44. The molecule has 0 amide bonds. The molecule has 1 aromatic heterocycles. The summed E-state index contributed by atoms with van der Waals surface area (Å²) in [5.74, 6) is -2.08. The highest BCUT2D eigenvalue weighted by molar-refractivity contribution is 5.24. The summed E-state index contributed by atoms with van der Waals surface area (Å²) in [5.41, 5.74) is 5.49. The number of imidazole rings is 1. The van der Waals surface area contributed by atoms with Gasteiger partial charge in [0.15, 0.2) is 0 Å². The Morgan fingerprint density at radius 3 is 2.42 bits per heavy atom. The average Bonchev–Trinajstić information content (AvgIpc) is 2.70. The fourth-order valence-corrected chi connectivity index (χ4v) is 1.97. The molecule has 1 unspecified atom stereocenters. The molecule has 1 aromatic carbocycles. The molecule has 3 nitrogen and oxygen atoms in total. The van der Waals surface area contributed by atoms with Crippen molar-refractivity contribution in [3.63, 3.8) is 0 Å². The third-order valence-electron chi connectivity index (χ3n) is 3.01. The Hall–Kier alpha value is -1.82. The summed E-state index contributed by atoms with van der Waals surface area (Å²) < 4.78 is 41.7. The third kappa shape index (κ3) is 2.96. The summed E-state index contributed by atoms with van der Waals surface area (Å²) in [6.07, 6.45) is 4.23. The average molecular weight is 269 g/mol. The van der Waals surface area contributed by atoms with Crippen LogP contribution in [0.25, 0.3) is 0 Å². The molecule has 0 radical (unpaired) electrons. The smallest absolute Gasteiger partial charge is 0.133 e. The second-order valence-corrected chi connectivity index (χ2v) is 4.38. The van der Waals surface area contributed by atoms with Crippen molar-refractivity contribution in [2.45, 2.75) is 18.9 Å². The molecule has 19 heavy (non-hydrogen) atoms. The van der Waals surface area contributed by atoms with Crippen LogP contribution in [0.5, 0.6) is 0 Å². The van der Waals surface area contributed by atoms with Crippen molar-refractivity contribution in [1.29, 1.82) is 0 Å². The Bertz CT molecular complexity index is 557. The molecule has 0 bridgehead atoms. The number of hydrogen-bond acceptors (Lipinski definition) is 2. The second-order valence-electron chi connectivity index (χ2n) is 4.38. The maximum absolute atomic E-state index is 13.5. The Balaban J connectivity index is 2.12. The van der Waals surface area contributed by atoms with Crippen LogP contribution in [0, 0.1) is 17.5 Å². The quantitative estimate of drug-likeness (QED) is 0.926. The van der Waals surface area contributed by atoms with Gasteiger partial charge in [0.1, 0.15) is 23.3 Å². The fourth-order valence-electron chi connectivity index (χ4n) is 1.97. The normalized spacial score (nSPS) is 12.7. The molecule has 0 saturated carbocycles. The maximum atomic E-state index is 13.5. The number of rotatable bonds is 4. The van der Waals surface area contributed by atoms with E-state index < -0.39 is 23.5 Å². The Labute approximate surface area is 108 Å². The van der Waals surface area contributed by atoms with E-state index in [1.807, 2.05) is 11.6 Å². The van der Waals surface area contributed by atoms with Crippen LogP contribution in [0.2, 0.25) is 0 Å². The van der Waals surface area contributed by atoms with Crippen molar-refractivity contribution in [1.82, 2.24) is 9.55 Å². The lowest BCUT2D eigenvalue weighted by Crippen LogP contribution is -2.16. The molecule has 0 aliphatic rings. The van der Waals surface area contributed by atoms with E-state index in [4.69, 9.17) is 5.73 Å². The summed E-state index contributed by atoms with van der Waals surface area (Å²) in [5, 5.41) is 0. The van der Waals surface area contributed by atoms with Crippen molar-refractivity contribution in [3.8, 4) is 0 Å². The van der Waals surface area contributed by atoms with Crippen LogP contribution in [0.3, 0.4) is 0 Å². The maximum Gasteiger partial charge on any atom is 0.133 e. The molecule has 1 atom stereocenters. The zero-order valence-corrected chi connectivity index (χ0v) is 10.4. The van der Waals surface area contributed by atoms with E-state index >= 15 is 0 Å². The van der Waals surface area contributed by atoms with Crippen molar-refractivity contribution in [2.24, 2.45) is 12.8 Å². The molecule has 2 N–H and O–H groups in total. The number of hydrogen-bond donors (Lipinski definition) is 1. The molecule has 2 rings (SSSR count). The molecule has 6 heteroatoms. The molecule has 0 saturated heterocycles. The minimum atomic E-state index is -0.954. The lowest BCUT2D eigenvalue weighted by atomic mass is 10.0. The Morgan fingerprint density at radius 2 is 1.89 bits per heavy atom. The van der Waals surface area contributed by atoms with Gasteiger partial charge >= 0.3 is 0 Å². The predicted molar refractivity (Wildman–Crippen MR) is 64.8 cm³/mol. The van der Waals surface area contributed by atoms with E-state index in [-0.39, 0.29) is 5.56 Å². The van der Waals surface area contributed by atoms with Crippen molar-refractivity contribution >= 4 is 0 Å². The summed E-state index contributed by atoms with van der Waals surface area (Å²) in [7, 11) is 1.83. The van der Waals surface area contributed by atoms with Gasteiger partial charge in [0.2, 0.25) is 0 Å². The van der Waals surface area contributed by atoms with Gasteiger partial charge in [-0.05, 0) is 6.42 Å². The van der Waals surface area contributed by atoms with Gasteiger partial charge < -0.3 is 10.3 Å². The first-order chi connectivity index (χ1) is 8.99. The van der Waals surface area contributed by atoms with E-state index in [9.17, 15) is 13.2 Å². The molecular weight excluding hydrogens is 255 g/mol. The zero-order valence-electron chi connectivity index (χ0n) is 10.4. The molecular formula is C13H14F3N3. The summed E-state index contributed by atoms with van der Waals surface area (Å²) in [4.78, 5) is 4.10. The van der Waals surface area contributed by atoms with E-state index in [1.54, 1.807) is 12.4 Å². The Morgan fingerprint density at radius 1 is 1.26 bits per heavy atom. The Kier molecular flexibility index (Phi) is 3.90. The van der Waals surface area contributed by atoms with E-state index in [2.05, 4.69) is 4.98 Å². The first-order valence-corrected chi connectivity index (χ1v) is 5.85. The minimum absolute atomic E-state index is 0.282. The van der Waals surface area contributed by atoms with Crippen LogP contribution in [0.1, 0.15) is 23.9 Å². The van der Waals surface area contributed by atoms with Gasteiger partial charge in [-0.2, -0.15) is 0 Å². The highest BCUT2D eigenvalue weighted by Crippen LogP contribution is 2.23. The minimum Gasteiger partial charge on any atom is -0.338 e. The van der Waals surface area contributed by atoms with Gasteiger partial charge in [-0.25, -0.2) is 18.2 Å². The van der Waals surface area contributed by atoms with Crippen LogP contribution < -0.4 is 5.73 Å². The molecule has 0 fully saturated rings. The first kappa shape index (κ1) is 13.6. The van der Waals surface area contributed by atoms with E-state index in [0.717, 1.165) is 5.82 Å². The number of aryl methyl sites for hydroxylation is 2. The highest BCUT2D eigenvalue weighted by Gasteiger charge is 2.18. The van der Waals surface area contributed by atoms with Gasteiger partial charge in [-0.1, -0.05) is 0 Å². The summed E-state index contributed by atoms with van der Waals surface area (Å²) in [6, 6.07) is 0.440. The molecule has 1 heterocycles.